The highest BCUT2D eigenvalue weighted by atomic mass is 32.2. The maximum absolute atomic E-state index is 13.0. The van der Waals surface area contributed by atoms with E-state index in [1.165, 1.54) is 24.3 Å². The first-order valence-corrected chi connectivity index (χ1v) is 13.0. The van der Waals surface area contributed by atoms with Crippen molar-refractivity contribution in [2.75, 3.05) is 28.1 Å². The van der Waals surface area contributed by atoms with Crippen LogP contribution in [-0.4, -0.2) is 44.9 Å². The third kappa shape index (κ3) is 3.80. The van der Waals surface area contributed by atoms with Crippen molar-refractivity contribution < 1.29 is 22.7 Å². The van der Waals surface area contributed by atoms with Crippen LogP contribution in [0.3, 0.4) is 0 Å². The van der Waals surface area contributed by atoms with E-state index in [0.717, 1.165) is 16.8 Å². The Morgan fingerprint density at radius 3 is 2.76 bits per heavy atom. The van der Waals surface area contributed by atoms with Crippen molar-refractivity contribution in [1.82, 2.24) is 4.98 Å². The van der Waals surface area contributed by atoms with E-state index in [1.807, 2.05) is 6.07 Å². The monoisotopic (exact) mass is 498 g/mol. The molecule has 34 heavy (non-hydrogen) atoms. The number of thiazole rings is 1. The molecule has 176 valence electrons. The van der Waals surface area contributed by atoms with Crippen LogP contribution in [0.5, 0.6) is 5.75 Å². The number of anilines is 3. The topological polar surface area (TPSA) is 109 Å². The van der Waals surface area contributed by atoms with Gasteiger partial charge in [0.15, 0.2) is 11.2 Å². The van der Waals surface area contributed by atoms with Gasteiger partial charge in [0.05, 0.1) is 16.3 Å². The number of fused-ring (bicyclic) bond motifs is 2. The number of nitrogens with zero attached hydrogens (tertiary/aromatic N) is 3. The van der Waals surface area contributed by atoms with Crippen LogP contribution in [0, 0.1) is 0 Å². The second-order valence-corrected chi connectivity index (χ2v) is 10.7. The van der Waals surface area contributed by atoms with Gasteiger partial charge in [-0.3, -0.25) is 14.3 Å². The van der Waals surface area contributed by atoms with Gasteiger partial charge in [0, 0.05) is 37.1 Å². The van der Waals surface area contributed by atoms with E-state index in [2.05, 4.69) is 9.71 Å². The molecule has 2 aliphatic rings. The van der Waals surface area contributed by atoms with Crippen LogP contribution in [0.2, 0.25) is 0 Å². The first kappa shape index (κ1) is 22.4. The van der Waals surface area contributed by atoms with Crippen LogP contribution in [0.25, 0.3) is 11.3 Å². The Hall–Kier alpha value is -3.44. The third-order valence-corrected chi connectivity index (χ3v) is 8.18. The molecule has 2 amide bonds. The van der Waals surface area contributed by atoms with Gasteiger partial charge in [0.1, 0.15) is 5.75 Å². The fourth-order valence-corrected chi connectivity index (χ4v) is 6.19. The number of hydrogen-bond acceptors (Lipinski definition) is 7. The second-order valence-electron chi connectivity index (χ2n) is 8.19. The summed E-state index contributed by atoms with van der Waals surface area (Å²) in [6, 6.07) is 10.2. The fraction of sp³-hybridized carbons (Fsp3) is 0.261. The van der Waals surface area contributed by atoms with Gasteiger partial charge in [-0.15, -0.1) is 11.3 Å². The van der Waals surface area contributed by atoms with Gasteiger partial charge < -0.3 is 14.5 Å². The van der Waals surface area contributed by atoms with Gasteiger partial charge in [-0.05, 0) is 55.3 Å². The lowest BCUT2D eigenvalue weighted by molar-refractivity contribution is -0.125. The van der Waals surface area contributed by atoms with Gasteiger partial charge in [-0.2, -0.15) is 0 Å². The number of carbonyl (C=O) groups excluding carboxylic acids is 2. The Balaban J connectivity index is 1.38. The lowest BCUT2D eigenvalue weighted by Crippen LogP contribution is -2.41. The predicted octanol–water partition coefficient (Wildman–Crippen LogP) is 3.26. The molecule has 1 unspecified atom stereocenters. The van der Waals surface area contributed by atoms with Crippen LogP contribution in [0.4, 0.5) is 16.5 Å². The molecular formula is C23H22N4O5S2. The van der Waals surface area contributed by atoms with E-state index in [4.69, 9.17) is 4.74 Å². The van der Waals surface area contributed by atoms with Gasteiger partial charge in [-0.1, -0.05) is 0 Å². The number of likely N-dealkylation sites (N-methyl/N-ethyl adjacent to an activating group) is 1. The minimum atomic E-state index is -3.86. The zero-order chi connectivity index (χ0) is 24.2. The standard InChI is InChI=1S/C23H22N4O5S2/c1-13-22(29)26(3)20-11-15(4-7-21(20)32-13)18-12-33-23(24-18)25-34(30,31)17-5-6-19-16(10-17)8-9-27(19)14(2)28/h4-7,10-13H,8-9H2,1-3H3,(H,24,25). The fourth-order valence-electron chi connectivity index (χ4n) is 4.17. The summed E-state index contributed by atoms with van der Waals surface area (Å²) in [5, 5.41) is 1.98. The number of ether oxygens (including phenoxy) is 1. The second kappa shape index (κ2) is 8.10. The molecule has 1 N–H and O–H groups in total. The van der Waals surface area contributed by atoms with E-state index in [0.29, 0.717) is 30.1 Å². The number of sulfonamides is 1. The molecule has 0 aliphatic carbocycles. The summed E-state index contributed by atoms with van der Waals surface area (Å²) in [4.78, 5) is 31.7. The van der Waals surface area contributed by atoms with Gasteiger partial charge in [0.2, 0.25) is 5.91 Å². The molecule has 5 rings (SSSR count). The van der Waals surface area contributed by atoms with Gasteiger partial charge >= 0.3 is 0 Å². The van der Waals surface area contributed by atoms with Crippen molar-refractivity contribution in [3.63, 3.8) is 0 Å². The van der Waals surface area contributed by atoms with Gasteiger partial charge in [-0.25, -0.2) is 13.4 Å². The molecule has 1 aromatic heterocycles. The number of aromatic nitrogens is 1. The Labute approximate surface area is 201 Å². The van der Waals surface area contributed by atoms with Crippen LogP contribution < -0.4 is 19.3 Å². The largest absolute Gasteiger partial charge is 0.479 e. The Kier molecular flexibility index (Phi) is 5.33. The summed E-state index contributed by atoms with van der Waals surface area (Å²) < 4.78 is 34.2. The molecule has 3 aromatic rings. The normalized spacial score (nSPS) is 17.3. The lowest BCUT2D eigenvalue weighted by atomic mass is 10.1. The molecule has 9 nitrogen and oxygen atoms in total. The van der Waals surface area contributed by atoms with Crippen LogP contribution >= 0.6 is 11.3 Å². The quantitative estimate of drug-likeness (QED) is 0.591. The number of rotatable bonds is 4. The predicted molar refractivity (Wildman–Crippen MR) is 130 cm³/mol. The number of benzene rings is 2. The van der Waals surface area contributed by atoms with Crippen molar-refractivity contribution in [3.05, 3.63) is 47.3 Å². The number of carbonyl (C=O) groups is 2. The summed E-state index contributed by atoms with van der Waals surface area (Å²) >= 11 is 1.17. The molecule has 2 aromatic carbocycles. The number of nitrogens with one attached hydrogen (secondary N) is 1. The molecule has 0 spiro atoms. The zero-order valence-corrected chi connectivity index (χ0v) is 20.4. The van der Waals surface area contributed by atoms with Crippen molar-refractivity contribution >= 4 is 49.7 Å². The highest BCUT2D eigenvalue weighted by Gasteiger charge is 2.29. The molecule has 2 aliphatic heterocycles. The van der Waals surface area contributed by atoms with Crippen LogP contribution in [0.1, 0.15) is 19.4 Å². The minimum Gasteiger partial charge on any atom is -0.479 e. The van der Waals surface area contributed by atoms with Gasteiger partial charge in [0.25, 0.3) is 15.9 Å². The maximum Gasteiger partial charge on any atom is 0.267 e. The van der Waals surface area contributed by atoms with Crippen molar-refractivity contribution in [1.29, 1.82) is 0 Å². The molecule has 0 saturated heterocycles. The SMILES string of the molecule is CC(=O)N1CCc2cc(S(=O)(=O)Nc3nc(-c4ccc5c(c4)N(C)C(=O)C(C)O5)cs3)ccc21. The summed E-state index contributed by atoms with van der Waals surface area (Å²) in [6.07, 6.45) is 0.0608. The molecule has 0 saturated carbocycles. The zero-order valence-electron chi connectivity index (χ0n) is 18.7. The number of amides is 2. The molecule has 11 heteroatoms. The summed E-state index contributed by atoms with van der Waals surface area (Å²) in [5.74, 6) is 0.396. The van der Waals surface area contributed by atoms with Crippen LogP contribution in [-0.2, 0) is 26.0 Å². The highest BCUT2D eigenvalue weighted by molar-refractivity contribution is 7.93. The van der Waals surface area contributed by atoms with E-state index < -0.39 is 16.1 Å². The molecular weight excluding hydrogens is 476 g/mol. The summed E-state index contributed by atoms with van der Waals surface area (Å²) in [7, 11) is -2.17. The van der Waals surface area contributed by atoms with Crippen LogP contribution in [0.15, 0.2) is 46.7 Å². The first-order chi connectivity index (χ1) is 16.1. The number of hydrogen-bond donors (Lipinski definition) is 1. The molecule has 0 radical (unpaired) electrons. The molecule has 0 bridgehead atoms. The van der Waals surface area contributed by atoms with E-state index in [1.54, 1.807) is 53.4 Å². The first-order valence-electron chi connectivity index (χ1n) is 10.6. The molecule has 3 heterocycles. The van der Waals surface area contributed by atoms with Crippen molar-refractivity contribution in [2.24, 2.45) is 0 Å². The average molecular weight is 499 g/mol. The lowest BCUT2D eigenvalue weighted by Gasteiger charge is -2.30. The highest BCUT2D eigenvalue weighted by Crippen LogP contribution is 2.38. The summed E-state index contributed by atoms with van der Waals surface area (Å²) in [6.45, 7) is 3.74. The Morgan fingerprint density at radius 2 is 2.00 bits per heavy atom. The summed E-state index contributed by atoms with van der Waals surface area (Å²) in [5.41, 5.74) is 3.52. The minimum absolute atomic E-state index is 0.0680. The molecule has 0 fully saturated rings. The van der Waals surface area contributed by atoms with E-state index in [-0.39, 0.29) is 21.8 Å². The molecule has 1 atom stereocenters. The van der Waals surface area contributed by atoms with E-state index in [9.17, 15) is 18.0 Å². The smallest absolute Gasteiger partial charge is 0.267 e. The Morgan fingerprint density at radius 1 is 1.21 bits per heavy atom. The third-order valence-electron chi connectivity index (χ3n) is 5.96. The Bertz CT molecular complexity index is 1430. The van der Waals surface area contributed by atoms with Crippen molar-refractivity contribution in [2.45, 2.75) is 31.3 Å². The van der Waals surface area contributed by atoms with Crippen molar-refractivity contribution in [3.8, 4) is 17.0 Å². The van der Waals surface area contributed by atoms with E-state index >= 15 is 0 Å². The average Bonchev–Trinajstić information content (AvgIpc) is 3.43. The maximum atomic E-state index is 13.0.